The van der Waals surface area contributed by atoms with Crippen LogP contribution in [0.5, 0.6) is 5.75 Å². The number of sulfone groups is 1. The van der Waals surface area contributed by atoms with E-state index in [1.807, 2.05) is 44.2 Å². The Labute approximate surface area is 243 Å². The predicted octanol–water partition coefficient (Wildman–Crippen LogP) is 6.06. The van der Waals surface area contributed by atoms with Crippen molar-refractivity contribution in [2.75, 3.05) is 16.0 Å². The number of carbonyl (C=O) groups excluding carboxylic acids is 1. The van der Waals surface area contributed by atoms with Gasteiger partial charge in [0.15, 0.2) is 9.84 Å². The summed E-state index contributed by atoms with van der Waals surface area (Å²) in [5, 5.41) is 3.30. The zero-order chi connectivity index (χ0) is 29.5. The number of anilines is 2. The van der Waals surface area contributed by atoms with E-state index in [0.717, 1.165) is 5.56 Å². The maximum atomic E-state index is 16.2. The van der Waals surface area contributed by atoms with Gasteiger partial charge in [0.05, 0.1) is 28.2 Å². The molecular formula is C32H29FN4O4S. The SMILES string of the molecule is CC1(C)CC2=C(C(c3ccc(OCc4ccccc4)cc3F)N(C(=O)c3cnccn3)c3ccccc3N2)S(=O)(=O)C1. The molecule has 6 rings (SSSR count). The van der Waals surface area contributed by atoms with Crippen molar-refractivity contribution in [3.05, 3.63) is 125 Å². The number of hydrogen-bond acceptors (Lipinski definition) is 7. The second-order valence-electron chi connectivity index (χ2n) is 11.2. The van der Waals surface area contributed by atoms with Gasteiger partial charge in [-0.2, -0.15) is 0 Å². The highest BCUT2D eigenvalue weighted by Crippen LogP contribution is 2.50. The molecule has 2 aliphatic rings. The van der Waals surface area contributed by atoms with E-state index in [2.05, 4.69) is 15.3 Å². The number of halogens is 1. The Hall–Kier alpha value is -4.57. The smallest absolute Gasteiger partial charge is 0.279 e. The van der Waals surface area contributed by atoms with Crippen LogP contribution in [-0.4, -0.2) is 30.0 Å². The molecule has 0 aliphatic carbocycles. The number of fused-ring (bicyclic) bond motifs is 1. The lowest BCUT2D eigenvalue weighted by molar-refractivity contribution is 0.0975. The molecule has 0 saturated heterocycles. The van der Waals surface area contributed by atoms with Crippen LogP contribution in [-0.2, 0) is 16.4 Å². The van der Waals surface area contributed by atoms with E-state index in [-0.39, 0.29) is 34.3 Å². The van der Waals surface area contributed by atoms with Gasteiger partial charge in [-0.25, -0.2) is 17.8 Å². The first-order valence-electron chi connectivity index (χ1n) is 13.5. The Bertz CT molecular complexity index is 1790. The van der Waals surface area contributed by atoms with Crippen molar-refractivity contribution in [1.29, 1.82) is 0 Å². The molecule has 1 unspecified atom stereocenters. The van der Waals surface area contributed by atoms with Crippen molar-refractivity contribution >= 4 is 27.1 Å². The van der Waals surface area contributed by atoms with Crippen LogP contribution in [0.1, 0.15) is 47.9 Å². The number of benzene rings is 3. The summed E-state index contributed by atoms with van der Waals surface area (Å²) in [6, 6.07) is 19.5. The fourth-order valence-electron chi connectivity index (χ4n) is 5.65. The summed E-state index contributed by atoms with van der Waals surface area (Å²) in [7, 11) is -3.96. The lowest BCUT2D eigenvalue weighted by Gasteiger charge is -2.37. The number of nitrogens with one attached hydrogen (secondary N) is 1. The lowest BCUT2D eigenvalue weighted by atomic mass is 9.88. The third-order valence-corrected chi connectivity index (χ3v) is 9.64. The number of nitrogens with zero attached hydrogens (tertiary/aromatic N) is 3. The molecule has 8 nitrogen and oxygen atoms in total. The van der Waals surface area contributed by atoms with Gasteiger partial charge in [-0.05, 0) is 41.7 Å². The molecule has 214 valence electrons. The first-order valence-corrected chi connectivity index (χ1v) is 15.2. The molecule has 0 saturated carbocycles. The molecule has 1 amide bonds. The fourth-order valence-corrected chi connectivity index (χ4v) is 8.00. The van der Waals surface area contributed by atoms with E-state index in [0.29, 0.717) is 23.5 Å². The Kier molecular flexibility index (Phi) is 7.02. The Morgan fingerprint density at radius 2 is 1.83 bits per heavy atom. The third kappa shape index (κ3) is 5.25. The molecule has 0 fully saturated rings. The van der Waals surface area contributed by atoms with Crippen LogP contribution < -0.4 is 15.0 Å². The molecule has 0 spiro atoms. The highest BCUT2D eigenvalue weighted by atomic mass is 32.2. The maximum Gasteiger partial charge on any atom is 0.279 e. The summed E-state index contributed by atoms with van der Waals surface area (Å²) >= 11 is 0. The number of amides is 1. The van der Waals surface area contributed by atoms with Crippen LogP contribution in [0, 0.1) is 11.2 Å². The number of rotatable bonds is 5. The van der Waals surface area contributed by atoms with Crippen LogP contribution in [0.2, 0.25) is 0 Å². The minimum atomic E-state index is -3.96. The van der Waals surface area contributed by atoms with Crippen LogP contribution >= 0.6 is 0 Å². The topological polar surface area (TPSA) is 101 Å². The molecule has 1 atom stereocenters. The number of ether oxygens (including phenoxy) is 1. The van der Waals surface area contributed by atoms with Crippen LogP contribution in [0.15, 0.2) is 102 Å². The summed E-state index contributed by atoms with van der Waals surface area (Å²) in [5.74, 6) is -1.19. The number of para-hydroxylation sites is 2. The fraction of sp³-hybridized carbons (Fsp3) is 0.219. The van der Waals surface area contributed by atoms with Crippen LogP contribution in [0.3, 0.4) is 0 Å². The highest BCUT2D eigenvalue weighted by Gasteiger charge is 2.47. The number of carbonyl (C=O) groups is 1. The quantitative estimate of drug-likeness (QED) is 0.304. The molecule has 1 N–H and O–H groups in total. The van der Waals surface area contributed by atoms with E-state index in [1.54, 1.807) is 30.3 Å². The number of allylic oxidation sites excluding steroid dienone is 1. The van der Waals surface area contributed by atoms with Gasteiger partial charge in [-0.3, -0.25) is 14.7 Å². The molecule has 0 radical (unpaired) electrons. The van der Waals surface area contributed by atoms with Crippen molar-refractivity contribution in [2.45, 2.75) is 32.9 Å². The van der Waals surface area contributed by atoms with Gasteiger partial charge in [0.1, 0.15) is 29.9 Å². The van der Waals surface area contributed by atoms with Gasteiger partial charge in [-0.1, -0.05) is 56.3 Å². The molecule has 3 heterocycles. The Morgan fingerprint density at radius 1 is 1.07 bits per heavy atom. The van der Waals surface area contributed by atoms with Gasteiger partial charge >= 0.3 is 0 Å². The van der Waals surface area contributed by atoms with E-state index >= 15 is 4.39 Å². The van der Waals surface area contributed by atoms with E-state index in [1.165, 1.54) is 35.6 Å². The summed E-state index contributed by atoms with van der Waals surface area (Å²) in [6.45, 7) is 3.99. The zero-order valence-corrected chi connectivity index (χ0v) is 23.9. The third-order valence-electron chi connectivity index (χ3n) is 7.34. The van der Waals surface area contributed by atoms with Crippen molar-refractivity contribution in [3.8, 4) is 5.75 Å². The van der Waals surface area contributed by atoms with Crippen molar-refractivity contribution in [1.82, 2.24) is 9.97 Å². The van der Waals surface area contributed by atoms with E-state index < -0.39 is 33.0 Å². The molecule has 0 bridgehead atoms. The van der Waals surface area contributed by atoms with Crippen molar-refractivity contribution in [3.63, 3.8) is 0 Å². The van der Waals surface area contributed by atoms with E-state index in [4.69, 9.17) is 4.74 Å². The van der Waals surface area contributed by atoms with Crippen LogP contribution in [0.25, 0.3) is 0 Å². The molecule has 3 aromatic carbocycles. The Balaban J connectivity index is 1.53. The van der Waals surface area contributed by atoms with Gasteiger partial charge in [0, 0.05) is 29.7 Å². The monoisotopic (exact) mass is 584 g/mol. The zero-order valence-electron chi connectivity index (χ0n) is 23.1. The summed E-state index contributed by atoms with van der Waals surface area (Å²) in [6.07, 6.45) is 4.52. The van der Waals surface area contributed by atoms with Crippen molar-refractivity contribution in [2.24, 2.45) is 5.41 Å². The molecule has 42 heavy (non-hydrogen) atoms. The molecule has 4 aromatic rings. The van der Waals surface area contributed by atoms with Gasteiger partial charge in [0.2, 0.25) is 0 Å². The maximum absolute atomic E-state index is 16.2. The van der Waals surface area contributed by atoms with Crippen LogP contribution in [0.4, 0.5) is 15.8 Å². The second kappa shape index (κ2) is 10.7. The second-order valence-corrected chi connectivity index (χ2v) is 13.2. The summed E-state index contributed by atoms with van der Waals surface area (Å²) < 4.78 is 50.1. The van der Waals surface area contributed by atoms with Gasteiger partial charge in [0.25, 0.3) is 5.91 Å². The Morgan fingerprint density at radius 3 is 2.57 bits per heavy atom. The highest BCUT2D eigenvalue weighted by molar-refractivity contribution is 7.95. The first-order chi connectivity index (χ1) is 20.1. The van der Waals surface area contributed by atoms with Crippen molar-refractivity contribution < 1.29 is 22.3 Å². The standard InChI is InChI=1S/C32H29FN4O4S/c1-32(2)17-26-30(42(39,40)20-32)29(23-13-12-22(16-24(23)33)41-19-21-8-4-3-5-9-21)37(28-11-7-6-10-25(28)36-26)31(38)27-18-34-14-15-35-27/h3-16,18,29,36H,17,19-20H2,1-2H3. The average molecular weight is 585 g/mol. The van der Waals surface area contributed by atoms with Gasteiger partial charge in [-0.15, -0.1) is 0 Å². The first kappa shape index (κ1) is 27.6. The lowest BCUT2D eigenvalue weighted by Crippen LogP contribution is -2.41. The van der Waals surface area contributed by atoms with Gasteiger partial charge < -0.3 is 10.1 Å². The summed E-state index contributed by atoms with van der Waals surface area (Å²) in [4.78, 5) is 23.7. The predicted molar refractivity (Wildman–Crippen MR) is 158 cm³/mol. The number of hydrogen-bond donors (Lipinski definition) is 1. The minimum absolute atomic E-state index is 0.00175. The largest absolute Gasteiger partial charge is 0.489 e. The normalized spacial score (nSPS) is 18.7. The average Bonchev–Trinajstić information content (AvgIpc) is 3.10. The molecule has 10 heteroatoms. The van der Waals surface area contributed by atoms with E-state index in [9.17, 15) is 13.2 Å². The molecular weight excluding hydrogens is 555 g/mol. The molecule has 1 aromatic heterocycles. The summed E-state index contributed by atoms with van der Waals surface area (Å²) in [5.41, 5.74) is 1.71. The molecule has 2 aliphatic heterocycles. The minimum Gasteiger partial charge on any atom is -0.489 e. The number of aromatic nitrogens is 2.